The summed E-state index contributed by atoms with van der Waals surface area (Å²) in [6.07, 6.45) is 2.24. The summed E-state index contributed by atoms with van der Waals surface area (Å²) in [4.78, 5) is 10.1. The maximum atomic E-state index is 13.5. The van der Waals surface area contributed by atoms with E-state index in [1.54, 1.807) is 0 Å². The zero-order valence-corrected chi connectivity index (χ0v) is 9.40. The Balaban J connectivity index is 2.29. The van der Waals surface area contributed by atoms with Crippen LogP contribution < -0.4 is 10.1 Å². The lowest BCUT2D eigenvalue weighted by Crippen LogP contribution is -2.07. The molecule has 1 saturated carbocycles. The second kappa shape index (κ2) is 4.57. The molecule has 0 spiro atoms. The molecule has 0 bridgehead atoms. The van der Waals surface area contributed by atoms with Crippen LogP contribution in [0, 0.1) is 21.8 Å². The molecule has 0 unspecified atom stereocenters. The molecule has 1 N–H and O–H groups in total. The van der Waals surface area contributed by atoms with Gasteiger partial charge in [-0.05, 0) is 18.8 Å². The first-order valence-corrected chi connectivity index (χ1v) is 5.37. The van der Waals surface area contributed by atoms with Crippen molar-refractivity contribution in [3.8, 4) is 5.75 Å². The molecule has 5 nitrogen and oxygen atoms in total. The molecule has 1 aromatic rings. The minimum atomic E-state index is -0.882. The van der Waals surface area contributed by atoms with Crippen LogP contribution in [0.4, 0.5) is 15.8 Å². The summed E-state index contributed by atoms with van der Waals surface area (Å²) in [5.74, 6) is -0.0667. The summed E-state index contributed by atoms with van der Waals surface area (Å²) >= 11 is 0. The SMILES string of the molecule is COc1cc(F)c([N+](=O)[O-])c(NCC2CC2)c1. The van der Waals surface area contributed by atoms with Crippen molar-refractivity contribution in [1.82, 2.24) is 0 Å². The highest BCUT2D eigenvalue weighted by Crippen LogP contribution is 2.34. The fourth-order valence-electron chi connectivity index (χ4n) is 1.59. The predicted octanol–water partition coefficient (Wildman–Crippen LogP) is 2.56. The van der Waals surface area contributed by atoms with Gasteiger partial charge in [0.05, 0.1) is 12.0 Å². The van der Waals surface area contributed by atoms with Gasteiger partial charge in [-0.25, -0.2) is 0 Å². The maximum Gasteiger partial charge on any atom is 0.327 e. The van der Waals surface area contributed by atoms with Crippen molar-refractivity contribution < 1.29 is 14.1 Å². The monoisotopic (exact) mass is 240 g/mol. The maximum absolute atomic E-state index is 13.5. The number of anilines is 1. The molecule has 0 aliphatic heterocycles. The summed E-state index contributed by atoms with van der Waals surface area (Å²) in [5, 5.41) is 13.7. The molecule has 17 heavy (non-hydrogen) atoms. The number of halogens is 1. The van der Waals surface area contributed by atoms with Crippen LogP contribution in [-0.4, -0.2) is 18.6 Å². The van der Waals surface area contributed by atoms with Crippen LogP contribution in [0.1, 0.15) is 12.8 Å². The Morgan fingerprint density at radius 3 is 2.82 bits per heavy atom. The molecule has 0 atom stereocenters. The van der Waals surface area contributed by atoms with Gasteiger partial charge in [-0.15, -0.1) is 0 Å². The summed E-state index contributed by atoms with van der Waals surface area (Å²) in [5.41, 5.74) is -0.342. The predicted molar refractivity (Wildman–Crippen MR) is 60.8 cm³/mol. The third kappa shape index (κ3) is 2.64. The number of methoxy groups -OCH3 is 1. The van der Waals surface area contributed by atoms with E-state index in [1.165, 1.54) is 13.2 Å². The van der Waals surface area contributed by atoms with E-state index in [0.717, 1.165) is 18.9 Å². The fraction of sp³-hybridized carbons (Fsp3) is 0.455. The molecule has 6 heteroatoms. The quantitative estimate of drug-likeness (QED) is 0.634. The van der Waals surface area contributed by atoms with Crippen LogP contribution in [0.5, 0.6) is 5.75 Å². The van der Waals surface area contributed by atoms with Gasteiger partial charge in [-0.1, -0.05) is 0 Å². The normalized spacial score (nSPS) is 14.5. The third-order valence-electron chi connectivity index (χ3n) is 2.73. The number of benzene rings is 1. The molecule has 1 aliphatic carbocycles. The van der Waals surface area contributed by atoms with Gasteiger partial charge in [0, 0.05) is 18.7 Å². The molecule has 1 aromatic carbocycles. The van der Waals surface area contributed by atoms with Crippen molar-refractivity contribution >= 4 is 11.4 Å². The Morgan fingerprint density at radius 2 is 2.29 bits per heavy atom. The lowest BCUT2D eigenvalue weighted by molar-refractivity contribution is -0.386. The van der Waals surface area contributed by atoms with Crippen molar-refractivity contribution in [2.24, 2.45) is 5.92 Å². The molecule has 0 saturated heterocycles. The summed E-state index contributed by atoms with van der Waals surface area (Å²) in [6, 6.07) is 2.46. The Kier molecular flexibility index (Phi) is 3.12. The fourth-order valence-corrected chi connectivity index (χ4v) is 1.59. The summed E-state index contributed by atoms with van der Waals surface area (Å²) in [7, 11) is 1.39. The number of ether oxygens (including phenoxy) is 1. The van der Waals surface area contributed by atoms with Crippen LogP contribution in [0.25, 0.3) is 0 Å². The highest BCUT2D eigenvalue weighted by atomic mass is 19.1. The second-order valence-corrected chi connectivity index (χ2v) is 4.09. The topological polar surface area (TPSA) is 64.4 Å². The lowest BCUT2D eigenvalue weighted by atomic mass is 10.2. The van der Waals surface area contributed by atoms with Gasteiger partial charge in [0.1, 0.15) is 11.4 Å². The van der Waals surface area contributed by atoms with Gasteiger partial charge in [-0.2, -0.15) is 4.39 Å². The Hall–Kier alpha value is -1.85. The van der Waals surface area contributed by atoms with E-state index >= 15 is 0 Å². The van der Waals surface area contributed by atoms with Crippen LogP contribution in [-0.2, 0) is 0 Å². The third-order valence-corrected chi connectivity index (χ3v) is 2.73. The van der Waals surface area contributed by atoms with Crippen LogP contribution in [0.2, 0.25) is 0 Å². The smallest absolute Gasteiger partial charge is 0.327 e. The van der Waals surface area contributed by atoms with Crippen molar-refractivity contribution in [2.45, 2.75) is 12.8 Å². The van der Waals surface area contributed by atoms with E-state index in [0.29, 0.717) is 12.5 Å². The standard InChI is InChI=1S/C11H13FN2O3/c1-17-8-4-9(12)11(14(15)16)10(5-8)13-6-7-2-3-7/h4-5,7,13H,2-3,6H2,1H3. The Bertz CT molecular complexity index is 447. The van der Waals surface area contributed by atoms with Crippen molar-refractivity contribution in [3.63, 3.8) is 0 Å². The number of nitrogens with zero attached hydrogens (tertiary/aromatic N) is 1. The first-order chi connectivity index (χ1) is 8.11. The average Bonchev–Trinajstić information content (AvgIpc) is 3.08. The highest BCUT2D eigenvalue weighted by molar-refractivity contribution is 5.65. The molecule has 0 aromatic heterocycles. The molecule has 0 radical (unpaired) electrons. The average molecular weight is 240 g/mol. The van der Waals surface area contributed by atoms with E-state index in [-0.39, 0.29) is 11.4 Å². The number of hydrogen-bond donors (Lipinski definition) is 1. The van der Waals surface area contributed by atoms with E-state index in [4.69, 9.17) is 4.74 Å². The first-order valence-electron chi connectivity index (χ1n) is 5.37. The second-order valence-electron chi connectivity index (χ2n) is 4.09. The minimum absolute atomic E-state index is 0.179. The van der Waals surface area contributed by atoms with Gasteiger partial charge in [0.2, 0.25) is 5.82 Å². The zero-order valence-electron chi connectivity index (χ0n) is 9.40. The van der Waals surface area contributed by atoms with E-state index in [2.05, 4.69) is 5.32 Å². The van der Waals surface area contributed by atoms with Crippen LogP contribution >= 0.6 is 0 Å². The Labute approximate surface area is 97.7 Å². The molecule has 0 amide bonds. The minimum Gasteiger partial charge on any atom is -0.497 e. The van der Waals surface area contributed by atoms with E-state index in [1.807, 2.05) is 0 Å². The van der Waals surface area contributed by atoms with Crippen molar-refractivity contribution in [3.05, 3.63) is 28.1 Å². The summed E-state index contributed by atoms with van der Waals surface area (Å²) in [6.45, 7) is 0.632. The first kappa shape index (κ1) is 11.6. The largest absolute Gasteiger partial charge is 0.497 e. The van der Waals surface area contributed by atoms with Gasteiger partial charge in [-0.3, -0.25) is 10.1 Å². The van der Waals surface area contributed by atoms with E-state index < -0.39 is 16.4 Å². The van der Waals surface area contributed by atoms with Crippen LogP contribution in [0.15, 0.2) is 12.1 Å². The number of nitro benzene ring substituents is 1. The molecular weight excluding hydrogens is 227 g/mol. The lowest BCUT2D eigenvalue weighted by Gasteiger charge is -2.09. The van der Waals surface area contributed by atoms with Gasteiger partial charge in [0.15, 0.2) is 0 Å². The number of nitrogens with one attached hydrogen (secondary N) is 1. The van der Waals surface area contributed by atoms with Crippen molar-refractivity contribution in [2.75, 3.05) is 19.0 Å². The number of rotatable bonds is 5. The molecule has 0 heterocycles. The zero-order chi connectivity index (χ0) is 12.4. The molecule has 2 rings (SSSR count). The van der Waals surface area contributed by atoms with Crippen molar-refractivity contribution in [1.29, 1.82) is 0 Å². The number of nitro groups is 1. The molecular formula is C11H13FN2O3. The van der Waals surface area contributed by atoms with Gasteiger partial charge < -0.3 is 10.1 Å². The molecule has 92 valence electrons. The highest BCUT2D eigenvalue weighted by Gasteiger charge is 2.25. The molecule has 1 fully saturated rings. The Morgan fingerprint density at radius 1 is 1.59 bits per heavy atom. The van der Waals surface area contributed by atoms with E-state index in [9.17, 15) is 14.5 Å². The van der Waals surface area contributed by atoms with Gasteiger partial charge in [0.25, 0.3) is 0 Å². The van der Waals surface area contributed by atoms with Gasteiger partial charge >= 0.3 is 5.69 Å². The number of hydrogen-bond acceptors (Lipinski definition) is 4. The molecule has 1 aliphatic rings. The summed E-state index contributed by atoms with van der Waals surface area (Å²) < 4.78 is 18.4. The van der Waals surface area contributed by atoms with Crippen LogP contribution in [0.3, 0.4) is 0 Å².